The maximum atomic E-state index is 12.7. The van der Waals surface area contributed by atoms with Crippen molar-refractivity contribution in [1.82, 2.24) is 4.98 Å². The lowest BCUT2D eigenvalue weighted by molar-refractivity contribution is -0.136. The number of alkyl halides is 2. The van der Waals surface area contributed by atoms with Crippen molar-refractivity contribution in [2.45, 2.75) is 19.4 Å². The predicted octanol–water partition coefficient (Wildman–Crippen LogP) is 0.687. The van der Waals surface area contributed by atoms with Gasteiger partial charge in [-0.05, 0) is 5.56 Å². The first-order valence-electron chi connectivity index (χ1n) is 4.43. The van der Waals surface area contributed by atoms with Crippen LogP contribution < -0.4 is 11.5 Å². The van der Waals surface area contributed by atoms with E-state index < -0.39 is 24.4 Å². The summed E-state index contributed by atoms with van der Waals surface area (Å²) in [6.45, 7) is -0.109. The lowest BCUT2D eigenvalue weighted by Crippen LogP contribution is -2.14. The maximum Gasteiger partial charge on any atom is 0.307 e. The molecule has 0 atom stereocenters. The molecule has 0 spiro atoms. The smallest absolute Gasteiger partial charge is 0.307 e. The third-order valence-electron chi connectivity index (χ3n) is 2.08. The van der Waals surface area contributed by atoms with Crippen LogP contribution in [0.15, 0.2) is 6.20 Å². The van der Waals surface area contributed by atoms with Crippen LogP contribution in [0.3, 0.4) is 0 Å². The van der Waals surface area contributed by atoms with Crippen molar-refractivity contribution >= 4 is 11.7 Å². The highest BCUT2D eigenvalue weighted by Gasteiger charge is 2.21. The minimum absolute atomic E-state index is 0.0926. The van der Waals surface area contributed by atoms with Gasteiger partial charge in [0.05, 0.1) is 24.0 Å². The second-order valence-corrected chi connectivity index (χ2v) is 3.13. The molecule has 1 aromatic rings. The van der Waals surface area contributed by atoms with Gasteiger partial charge in [0.25, 0.3) is 6.43 Å². The molecule has 0 fully saturated rings. The monoisotopic (exact) mass is 231 g/mol. The summed E-state index contributed by atoms with van der Waals surface area (Å²) in [5.41, 5.74) is 9.98. The number of carbonyl (C=O) groups is 1. The van der Waals surface area contributed by atoms with E-state index in [1.165, 1.54) is 0 Å². The molecular weight excluding hydrogens is 220 g/mol. The molecule has 0 bridgehead atoms. The molecule has 0 saturated heterocycles. The lowest BCUT2D eigenvalue weighted by Gasteiger charge is -2.13. The van der Waals surface area contributed by atoms with Crippen LogP contribution in [-0.2, 0) is 17.8 Å². The van der Waals surface area contributed by atoms with E-state index in [-0.39, 0.29) is 23.5 Å². The fourth-order valence-corrected chi connectivity index (χ4v) is 1.41. The fourth-order valence-electron chi connectivity index (χ4n) is 1.41. The predicted molar refractivity (Wildman–Crippen MR) is 52.8 cm³/mol. The molecule has 0 saturated carbocycles. The normalized spacial score (nSPS) is 10.8. The van der Waals surface area contributed by atoms with Gasteiger partial charge < -0.3 is 16.6 Å². The Labute approximate surface area is 90.1 Å². The summed E-state index contributed by atoms with van der Waals surface area (Å²) in [5.74, 6) is -1.23. The van der Waals surface area contributed by atoms with E-state index in [0.29, 0.717) is 0 Å². The van der Waals surface area contributed by atoms with Crippen LogP contribution in [0.5, 0.6) is 0 Å². The third kappa shape index (κ3) is 2.43. The summed E-state index contributed by atoms with van der Waals surface area (Å²) < 4.78 is 25.4. The van der Waals surface area contributed by atoms with Crippen molar-refractivity contribution < 1.29 is 18.7 Å². The van der Waals surface area contributed by atoms with Crippen molar-refractivity contribution in [2.75, 3.05) is 5.73 Å². The highest BCUT2D eigenvalue weighted by Crippen LogP contribution is 2.30. The van der Waals surface area contributed by atoms with Gasteiger partial charge in [-0.3, -0.25) is 9.78 Å². The standard InChI is InChI=1S/C9H11F2N3O2/c10-9(11)8-4(1-7(15)16)6(2-12)14-3-5(8)13/h3,9H,1-2,12-13H2,(H,15,16). The minimum atomic E-state index is -2.84. The van der Waals surface area contributed by atoms with Crippen LogP contribution in [0.1, 0.15) is 23.2 Å². The van der Waals surface area contributed by atoms with Crippen molar-refractivity contribution in [3.63, 3.8) is 0 Å². The second kappa shape index (κ2) is 4.84. The zero-order valence-corrected chi connectivity index (χ0v) is 8.28. The van der Waals surface area contributed by atoms with E-state index in [1.807, 2.05) is 0 Å². The van der Waals surface area contributed by atoms with Gasteiger partial charge in [-0.2, -0.15) is 0 Å². The van der Waals surface area contributed by atoms with Gasteiger partial charge in [-0.1, -0.05) is 0 Å². The lowest BCUT2D eigenvalue weighted by atomic mass is 10.0. The Morgan fingerprint density at radius 3 is 2.62 bits per heavy atom. The topological polar surface area (TPSA) is 102 Å². The molecular formula is C9H11F2N3O2. The number of anilines is 1. The quantitative estimate of drug-likeness (QED) is 0.707. The molecule has 0 unspecified atom stereocenters. The number of carboxylic acids is 1. The van der Waals surface area contributed by atoms with Crippen molar-refractivity contribution in [2.24, 2.45) is 5.73 Å². The Kier molecular flexibility index (Phi) is 3.73. The average molecular weight is 231 g/mol. The van der Waals surface area contributed by atoms with Gasteiger partial charge in [0.2, 0.25) is 0 Å². The molecule has 1 rings (SSSR count). The summed E-state index contributed by atoms with van der Waals surface area (Å²) in [6, 6.07) is 0. The van der Waals surface area contributed by atoms with E-state index in [9.17, 15) is 13.6 Å². The Morgan fingerprint density at radius 1 is 1.56 bits per heavy atom. The second-order valence-electron chi connectivity index (χ2n) is 3.13. The summed E-state index contributed by atoms with van der Waals surface area (Å²) in [6.07, 6.45) is -2.35. The van der Waals surface area contributed by atoms with Gasteiger partial charge in [0.1, 0.15) is 0 Å². The highest BCUT2D eigenvalue weighted by molar-refractivity contribution is 5.72. The largest absolute Gasteiger partial charge is 0.481 e. The Balaban J connectivity index is 3.36. The minimum Gasteiger partial charge on any atom is -0.481 e. The molecule has 0 aromatic carbocycles. The summed E-state index contributed by atoms with van der Waals surface area (Å²) >= 11 is 0. The van der Waals surface area contributed by atoms with Crippen LogP contribution in [0.4, 0.5) is 14.5 Å². The number of pyridine rings is 1. The molecule has 1 heterocycles. The van der Waals surface area contributed by atoms with Crippen molar-refractivity contribution in [1.29, 1.82) is 0 Å². The molecule has 0 amide bonds. The van der Waals surface area contributed by atoms with Crippen LogP contribution in [0, 0.1) is 0 Å². The summed E-state index contributed by atoms with van der Waals surface area (Å²) in [7, 11) is 0. The molecule has 0 aliphatic heterocycles. The maximum absolute atomic E-state index is 12.7. The zero-order valence-electron chi connectivity index (χ0n) is 8.28. The third-order valence-corrected chi connectivity index (χ3v) is 2.08. The van der Waals surface area contributed by atoms with Crippen LogP contribution in [0.2, 0.25) is 0 Å². The van der Waals surface area contributed by atoms with Gasteiger partial charge in [-0.15, -0.1) is 0 Å². The van der Waals surface area contributed by atoms with E-state index >= 15 is 0 Å². The van der Waals surface area contributed by atoms with Gasteiger partial charge in [-0.25, -0.2) is 8.78 Å². The molecule has 1 aromatic heterocycles. The van der Waals surface area contributed by atoms with Gasteiger partial charge >= 0.3 is 5.97 Å². The number of aliphatic carboxylic acids is 1. The molecule has 5 nitrogen and oxygen atoms in total. The van der Waals surface area contributed by atoms with Crippen molar-refractivity contribution in [3.05, 3.63) is 23.0 Å². The zero-order chi connectivity index (χ0) is 12.3. The van der Waals surface area contributed by atoms with Gasteiger partial charge in [0, 0.05) is 12.1 Å². The van der Waals surface area contributed by atoms with E-state index in [4.69, 9.17) is 16.6 Å². The number of nitrogens with two attached hydrogens (primary N) is 2. The highest BCUT2D eigenvalue weighted by atomic mass is 19.3. The Morgan fingerprint density at radius 2 is 2.19 bits per heavy atom. The Bertz CT molecular complexity index is 410. The number of nitrogen functional groups attached to an aromatic ring is 1. The van der Waals surface area contributed by atoms with Gasteiger partial charge in [0.15, 0.2) is 0 Å². The molecule has 0 aliphatic carbocycles. The first-order valence-corrected chi connectivity index (χ1v) is 4.43. The van der Waals surface area contributed by atoms with E-state index in [0.717, 1.165) is 6.20 Å². The first kappa shape index (κ1) is 12.3. The number of hydrogen-bond acceptors (Lipinski definition) is 4. The summed E-state index contributed by atoms with van der Waals surface area (Å²) in [5, 5.41) is 8.63. The number of hydrogen-bond donors (Lipinski definition) is 3. The van der Waals surface area contributed by atoms with E-state index in [2.05, 4.69) is 4.98 Å². The molecule has 88 valence electrons. The first-order chi connectivity index (χ1) is 7.47. The number of aromatic nitrogens is 1. The van der Waals surface area contributed by atoms with Crippen LogP contribution in [0.25, 0.3) is 0 Å². The SMILES string of the molecule is NCc1ncc(N)c(C(F)F)c1CC(=O)O. The molecule has 5 N–H and O–H groups in total. The fraction of sp³-hybridized carbons (Fsp3) is 0.333. The number of halogens is 2. The molecule has 0 radical (unpaired) electrons. The Hall–Kier alpha value is -1.76. The van der Waals surface area contributed by atoms with E-state index in [1.54, 1.807) is 0 Å². The van der Waals surface area contributed by atoms with Crippen molar-refractivity contribution in [3.8, 4) is 0 Å². The molecule has 16 heavy (non-hydrogen) atoms. The number of nitrogens with zero attached hydrogens (tertiary/aromatic N) is 1. The summed E-state index contributed by atoms with van der Waals surface area (Å²) in [4.78, 5) is 14.3. The molecule has 0 aliphatic rings. The number of carboxylic acid groups (broad SMARTS) is 1. The van der Waals surface area contributed by atoms with Crippen LogP contribution >= 0.6 is 0 Å². The molecule has 7 heteroatoms. The van der Waals surface area contributed by atoms with Crippen LogP contribution in [-0.4, -0.2) is 16.1 Å². The number of rotatable bonds is 4. The average Bonchev–Trinajstić information content (AvgIpc) is 2.16.